The lowest BCUT2D eigenvalue weighted by molar-refractivity contribution is -0.173. The van der Waals surface area contributed by atoms with Crippen LogP contribution in [-0.2, 0) is 9.59 Å². The Hall–Kier alpha value is -1.10. The van der Waals surface area contributed by atoms with E-state index in [1.165, 1.54) is 0 Å². The minimum atomic E-state index is -1.79. The normalized spacial score (nSPS) is 22.6. The third-order valence-corrected chi connectivity index (χ3v) is 2.93. The van der Waals surface area contributed by atoms with Crippen LogP contribution >= 0.6 is 0 Å². The first-order chi connectivity index (χ1) is 6.50. The van der Waals surface area contributed by atoms with Gasteiger partial charge in [0, 0.05) is 0 Å². The molecule has 1 fully saturated rings. The van der Waals surface area contributed by atoms with Crippen LogP contribution < -0.4 is 0 Å². The molecule has 1 rings (SSSR count). The van der Waals surface area contributed by atoms with Crippen LogP contribution in [0.4, 0.5) is 0 Å². The predicted molar refractivity (Wildman–Crippen MR) is 46.8 cm³/mol. The van der Waals surface area contributed by atoms with E-state index in [-0.39, 0.29) is 12.8 Å². The van der Waals surface area contributed by atoms with Gasteiger partial charge in [0.25, 0.3) is 0 Å². The van der Waals surface area contributed by atoms with E-state index in [9.17, 15) is 14.7 Å². The van der Waals surface area contributed by atoms with Gasteiger partial charge in [0.05, 0.1) is 0 Å². The van der Waals surface area contributed by atoms with E-state index < -0.39 is 23.5 Å². The Morgan fingerprint density at radius 2 is 1.57 bits per heavy atom. The summed E-state index contributed by atoms with van der Waals surface area (Å²) < 4.78 is 0. The molecular formula is C9H14O5. The van der Waals surface area contributed by atoms with Crippen molar-refractivity contribution in [2.24, 2.45) is 5.41 Å². The SMILES string of the molecule is O=C(O)C(O)C1(C(=O)O)CCCCC1. The summed E-state index contributed by atoms with van der Waals surface area (Å²) in [6.45, 7) is 0. The number of carboxylic acids is 2. The Morgan fingerprint density at radius 3 is 1.93 bits per heavy atom. The van der Waals surface area contributed by atoms with Crippen LogP contribution in [0.3, 0.4) is 0 Å². The average Bonchev–Trinajstić information content (AvgIpc) is 2.17. The van der Waals surface area contributed by atoms with Crippen molar-refractivity contribution in [1.29, 1.82) is 0 Å². The van der Waals surface area contributed by atoms with Gasteiger partial charge in [0.15, 0.2) is 6.10 Å². The van der Waals surface area contributed by atoms with E-state index in [0.717, 1.165) is 6.42 Å². The summed E-state index contributed by atoms with van der Waals surface area (Å²) in [4.78, 5) is 21.6. The molecule has 0 aliphatic heterocycles. The summed E-state index contributed by atoms with van der Waals surface area (Å²) >= 11 is 0. The van der Waals surface area contributed by atoms with Gasteiger partial charge in [-0.15, -0.1) is 0 Å². The maximum absolute atomic E-state index is 11.0. The molecule has 0 spiro atoms. The second kappa shape index (κ2) is 3.96. The molecule has 1 aliphatic carbocycles. The molecule has 0 heterocycles. The smallest absolute Gasteiger partial charge is 0.333 e. The second-order valence-electron chi connectivity index (χ2n) is 3.76. The van der Waals surface area contributed by atoms with E-state index in [1.54, 1.807) is 0 Å². The molecule has 0 bridgehead atoms. The van der Waals surface area contributed by atoms with Crippen molar-refractivity contribution < 1.29 is 24.9 Å². The maximum atomic E-state index is 11.0. The lowest BCUT2D eigenvalue weighted by atomic mass is 9.70. The molecule has 0 saturated heterocycles. The van der Waals surface area contributed by atoms with Gasteiger partial charge in [0.1, 0.15) is 5.41 Å². The van der Waals surface area contributed by atoms with Crippen LogP contribution in [0.25, 0.3) is 0 Å². The van der Waals surface area contributed by atoms with Gasteiger partial charge in [-0.1, -0.05) is 19.3 Å². The molecule has 14 heavy (non-hydrogen) atoms. The number of carbonyl (C=O) groups is 2. The third kappa shape index (κ3) is 1.72. The zero-order valence-electron chi connectivity index (χ0n) is 7.77. The molecule has 0 aromatic heterocycles. The van der Waals surface area contributed by atoms with Gasteiger partial charge in [-0.3, -0.25) is 4.79 Å². The fourth-order valence-electron chi connectivity index (χ4n) is 2.02. The second-order valence-corrected chi connectivity index (χ2v) is 3.76. The minimum Gasteiger partial charge on any atom is -0.481 e. The monoisotopic (exact) mass is 202 g/mol. The van der Waals surface area contributed by atoms with E-state index in [0.29, 0.717) is 12.8 Å². The van der Waals surface area contributed by atoms with Crippen LogP contribution in [0.1, 0.15) is 32.1 Å². The van der Waals surface area contributed by atoms with Crippen LogP contribution in [0.15, 0.2) is 0 Å². The summed E-state index contributed by atoms with van der Waals surface area (Å²) in [5, 5.41) is 27.0. The van der Waals surface area contributed by atoms with Crippen LogP contribution in [-0.4, -0.2) is 33.4 Å². The fraction of sp³-hybridized carbons (Fsp3) is 0.778. The lowest BCUT2D eigenvalue weighted by Crippen LogP contribution is -2.48. The molecule has 0 aromatic carbocycles. The summed E-state index contributed by atoms with van der Waals surface area (Å²) in [6, 6.07) is 0. The largest absolute Gasteiger partial charge is 0.481 e. The van der Waals surface area contributed by atoms with Crippen molar-refractivity contribution >= 4 is 11.9 Å². The lowest BCUT2D eigenvalue weighted by Gasteiger charge is -2.34. The van der Waals surface area contributed by atoms with Crippen molar-refractivity contribution in [2.75, 3.05) is 0 Å². The minimum absolute atomic E-state index is 0.246. The number of rotatable bonds is 3. The fourth-order valence-corrected chi connectivity index (χ4v) is 2.02. The van der Waals surface area contributed by atoms with E-state index in [2.05, 4.69) is 0 Å². The zero-order valence-corrected chi connectivity index (χ0v) is 7.77. The van der Waals surface area contributed by atoms with Crippen LogP contribution in [0, 0.1) is 5.41 Å². The Bertz CT molecular complexity index is 242. The first-order valence-electron chi connectivity index (χ1n) is 4.65. The predicted octanol–water partition coefficient (Wildman–Crippen LogP) is 0.467. The van der Waals surface area contributed by atoms with Crippen molar-refractivity contribution in [3.05, 3.63) is 0 Å². The quantitative estimate of drug-likeness (QED) is 0.618. The van der Waals surface area contributed by atoms with E-state index in [4.69, 9.17) is 10.2 Å². The third-order valence-electron chi connectivity index (χ3n) is 2.93. The van der Waals surface area contributed by atoms with Gasteiger partial charge < -0.3 is 15.3 Å². The Labute approximate surface area is 81.4 Å². The number of aliphatic hydroxyl groups is 1. The highest BCUT2D eigenvalue weighted by molar-refractivity contribution is 5.85. The Balaban J connectivity index is 2.90. The molecule has 0 amide bonds. The van der Waals surface area contributed by atoms with Gasteiger partial charge in [-0.25, -0.2) is 4.79 Å². The Morgan fingerprint density at radius 1 is 1.07 bits per heavy atom. The number of hydrogen-bond donors (Lipinski definition) is 3. The molecule has 1 saturated carbocycles. The standard InChI is InChI=1S/C9H14O5/c10-6(7(11)12)9(8(13)14)4-2-1-3-5-9/h6,10H,1-5H2,(H,11,12)(H,13,14). The van der Waals surface area contributed by atoms with Gasteiger partial charge in [0.2, 0.25) is 0 Å². The first kappa shape index (κ1) is 11.0. The molecule has 5 nitrogen and oxygen atoms in total. The highest BCUT2D eigenvalue weighted by Gasteiger charge is 2.49. The topological polar surface area (TPSA) is 94.8 Å². The zero-order chi connectivity index (χ0) is 10.8. The maximum Gasteiger partial charge on any atom is 0.333 e. The number of aliphatic hydroxyl groups excluding tert-OH is 1. The van der Waals surface area contributed by atoms with Gasteiger partial charge >= 0.3 is 11.9 Å². The van der Waals surface area contributed by atoms with E-state index in [1.807, 2.05) is 0 Å². The summed E-state index contributed by atoms with van der Waals surface area (Å²) in [7, 11) is 0. The molecular weight excluding hydrogens is 188 g/mol. The molecule has 3 N–H and O–H groups in total. The molecule has 0 aromatic rings. The molecule has 0 radical (unpaired) electrons. The Kier molecular flexibility index (Phi) is 3.10. The van der Waals surface area contributed by atoms with Gasteiger partial charge in [-0.2, -0.15) is 0 Å². The average molecular weight is 202 g/mol. The molecule has 5 heteroatoms. The van der Waals surface area contributed by atoms with Crippen molar-refractivity contribution in [3.8, 4) is 0 Å². The van der Waals surface area contributed by atoms with Gasteiger partial charge in [-0.05, 0) is 12.8 Å². The van der Waals surface area contributed by atoms with Crippen molar-refractivity contribution in [2.45, 2.75) is 38.2 Å². The highest BCUT2D eigenvalue weighted by Crippen LogP contribution is 2.39. The number of carboxylic acid groups (broad SMARTS) is 2. The number of hydrogen-bond acceptors (Lipinski definition) is 3. The summed E-state index contributed by atoms with van der Waals surface area (Å²) in [5.41, 5.74) is -1.47. The molecule has 1 atom stereocenters. The number of aliphatic carboxylic acids is 2. The van der Waals surface area contributed by atoms with Crippen LogP contribution in [0.2, 0.25) is 0 Å². The molecule has 1 aliphatic rings. The van der Waals surface area contributed by atoms with Crippen molar-refractivity contribution in [1.82, 2.24) is 0 Å². The highest BCUT2D eigenvalue weighted by atomic mass is 16.4. The van der Waals surface area contributed by atoms with Crippen molar-refractivity contribution in [3.63, 3.8) is 0 Å². The molecule has 80 valence electrons. The summed E-state index contributed by atoms with van der Waals surface area (Å²) in [5.74, 6) is -2.65. The summed E-state index contributed by atoms with van der Waals surface area (Å²) in [6.07, 6.45) is 0.931. The molecule has 1 unspecified atom stereocenters. The first-order valence-corrected chi connectivity index (χ1v) is 4.65. The van der Waals surface area contributed by atoms with Crippen LogP contribution in [0.5, 0.6) is 0 Å². The van der Waals surface area contributed by atoms with E-state index >= 15 is 0 Å².